The monoisotopic (exact) mass is 390 g/mol. The second-order valence-electron chi connectivity index (χ2n) is 8.07. The molecule has 0 spiro atoms. The van der Waals surface area contributed by atoms with E-state index in [0.29, 0.717) is 17.1 Å². The van der Waals surface area contributed by atoms with Crippen LogP contribution >= 0.6 is 0 Å². The number of carbonyl (C=O) groups excluding carboxylic acids is 2. The number of pyridine rings is 1. The van der Waals surface area contributed by atoms with Crippen LogP contribution in [-0.2, 0) is 0 Å². The highest BCUT2D eigenvalue weighted by Gasteiger charge is 2.27. The van der Waals surface area contributed by atoms with Crippen LogP contribution in [0.1, 0.15) is 52.0 Å². The molecule has 1 saturated heterocycles. The zero-order chi connectivity index (χ0) is 20.5. The van der Waals surface area contributed by atoms with Crippen LogP contribution in [0, 0.1) is 19.8 Å². The maximum atomic E-state index is 13.2. The molecule has 6 nitrogen and oxygen atoms in total. The third-order valence-corrected chi connectivity index (χ3v) is 5.38. The van der Waals surface area contributed by atoms with Gasteiger partial charge in [-0.25, -0.2) is 4.98 Å². The van der Waals surface area contributed by atoms with Crippen molar-refractivity contribution < 1.29 is 9.59 Å². The fourth-order valence-corrected chi connectivity index (χ4v) is 4.11. The summed E-state index contributed by atoms with van der Waals surface area (Å²) in [6, 6.07) is 11.4. The highest BCUT2D eigenvalue weighted by atomic mass is 16.2. The number of anilines is 1. The zero-order valence-electron chi connectivity index (χ0n) is 17.1. The Morgan fingerprint density at radius 1 is 1.14 bits per heavy atom. The number of amides is 2. The molecule has 4 rings (SSSR count). The second kappa shape index (κ2) is 7.70. The van der Waals surface area contributed by atoms with Crippen molar-refractivity contribution in [3.8, 4) is 0 Å². The predicted molar refractivity (Wildman–Crippen MR) is 113 cm³/mol. The van der Waals surface area contributed by atoms with Gasteiger partial charge in [-0.1, -0.05) is 19.1 Å². The Morgan fingerprint density at radius 2 is 1.90 bits per heavy atom. The molecule has 1 unspecified atom stereocenters. The number of rotatable bonds is 3. The molecule has 1 aliphatic heterocycles. The molecule has 0 aliphatic carbocycles. The molecule has 0 bridgehead atoms. The number of nitrogens with one attached hydrogen (secondary N) is 1. The first-order valence-corrected chi connectivity index (χ1v) is 10.1. The molecule has 0 radical (unpaired) electrons. The van der Waals surface area contributed by atoms with E-state index < -0.39 is 0 Å². The lowest BCUT2D eigenvalue weighted by Gasteiger charge is -2.30. The largest absolute Gasteiger partial charge is 0.337 e. The van der Waals surface area contributed by atoms with Crippen LogP contribution in [0.2, 0.25) is 0 Å². The lowest BCUT2D eigenvalue weighted by atomic mass is 10.00. The predicted octanol–water partition coefficient (Wildman–Crippen LogP) is 4.08. The molecule has 0 saturated carbocycles. The van der Waals surface area contributed by atoms with Crippen molar-refractivity contribution in [2.75, 3.05) is 18.4 Å². The molecule has 3 aromatic rings. The van der Waals surface area contributed by atoms with Crippen molar-refractivity contribution >= 4 is 23.0 Å². The summed E-state index contributed by atoms with van der Waals surface area (Å²) in [6.45, 7) is 7.61. The zero-order valence-corrected chi connectivity index (χ0v) is 17.1. The van der Waals surface area contributed by atoms with E-state index >= 15 is 0 Å². The van der Waals surface area contributed by atoms with Crippen molar-refractivity contribution in [1.29, 1.82) is 0 Å². The summed E-state index contributed by atoms with van der Waals surface area (Å²) in [6.07, 6.45) is 3.91. The van der Waals surface area contributed by atoms with E-state index in [2.05, 4.69) is 23.3 Å². The number of nitrogens with zero attached hydrogens (tertiary/aromatic N) is 3. The van der Waals surface area contributed by atoms with E-state index in [1.165, 1.54) is 0 Å². The molecular formula is C23H26N4O2. The Bertz CT molecular complexity index is 1070. The van der Waals surface area contributed by atoms with Gasteiger partial charge in [0.15, 0.2) is 5.69 Å². The number of benzene rings is 1. The number of hydrogen-bond acceptors (Lipinski definition) is 3. The summed E-state index contributed by atoms with van der Waals surface area (Å²) in [5, 5.41) is 2.92. The highest BCUT2D eigenvalue weighted by molar-refractivity contribution is 6.06. The van der Waals surface area contributed by atoms with Crippen molar-refractivity contribution in [1.82, 2.24) is 14.3 Å². The minimum absolute atomic E-state index is 0.106. The van der Waals surface area contributed by atoms with Crippen LogP contribution < -0.4 is 5.32 Å². The summed E-state index contributed by atoms with van der Waals surface area (Å²) in [5.74, 6) is 0.259. The fraction of sp³-hybridized carbons (Fsp3) is 0.348. The van der Waals surface area contributed by atoms with Crippen LogP contribution in [0.15, 0.2) is 42.6 Å². The molecule has 3 heterocycles. The summed E-state index contributed by atoms with van der Waals surface area (Å²) in [4.78, 5) is 32.5. The van der Waals surface area contributed by atoms with Crippen LogP contribution in [0.25, 0.3) is 5.52 Å². The molecule has 2 aromatic heterocycles. The van der Waals surface area contributed by atoms with Crippen LogP contribution in [0.5, 0.6) is 0 Å². The molecule has 1 N–H and O–H groups in total. The Hall–Kier alpha value is -3.15. The smallest absolute Gasteiger partial charge is 0.292 e. The quantitative estimate of drug-likeness (QED) is 0.733. The van der Waals surface area contributed by atoms with E-state index in [0.717, 1.165) is 42.7 Å². The van der Waals surface area contributed by atoms with Gasteiger partial charge >= 0.3 is 0 Å². The molecule has 29 heavy (non-hydrogen) atoms. The van der Waals surface area contributed by atoms with Crippen LogP contribution in [-0.4, -0.2) is 39.2 Å². The van der Waals surface area contributed by atoms with Gasteiger partial charge in [0.1, 0.15) is 0 Å². The fourth-order valence-electron chi connectivity index (χ4n) is 4.11. The van der Waals surface area contributed by atoms with Gasteiger partial charge in [0.05, 0.1) is 5.52 Å². The Kier molecular flexibility index (Phi) is 5.09. The first kappa shape index (κ1) is 19.2. The number of imidazole rings is 1. The van der Waals surface area contributed by atoms with E-state index in [4.69, 9.17) is 0 Å². The maximum Gasteiger partial charge on any atom is 0.292 e. The van der Waals surface area contributed by atoms with Gasteiger partial charge in [0.25, 0.3) is 11.8 Å². The van der Waals surface area contributed by atoms with Crippen molar-refractivity contribution in [3.05, 3.63) is 65.2 Å². The number of fused-ring (bicyclic) bond motifs is 1. The first-order valence-electron chi connectivity index (χ1n) is 10.1. The summed E-state index contributed by atoms with van der Waals surface area (Å²) >= 11 is 0. The molecular weight excluding hydrogens is 364 g/mol. The number of likely N-dealkylation sites (tertiary alicyclic amines) is 1. The third-order valence-electron chi connectivity index (χ3n) is 5.38. The number of hydrogen-bond donors (Lipinski definition) is 1. The van der Waals surface area contributed by atoms with E-state index in [-0.39, 0.29) is 17.6 Å². The van der Waals surface area contributed by atoms with Gasteiger partial charge in [-0.2, -0.15) is 0 Å². The number of aromatic nitrogens is 2. The number of aryl methyl sites for hydroxylation is 2. The summed E-state index contributed by atoms with van der Waals surface area (Å²) < 4.78 is 1.69. The van der Waals surface area contributed by atoms with Gasteiger partial charge in [0.2, 0.25) is 5.82 Å². The van der Waals surface area contributed by atoms with E-state index in [9.17, 15) is 9.59 Å². The Morgan fingerprint density at radius 3 is 2.62 bits per heavy atom. The van der Waals surface area contributed by atoms with Crippen LogP contribution in [0.3, 0.4) is 0 Å². The van der Waals surface area contributed by atoms with E-state index in [1.807, 2.05) is 49.1 Å². The first-order chi connectivity index (χ1) is 13.9. The van der Waals surface area contributed by atoms with Crippen LogP contribution in [0.4, 0.5) is 5.69 Å². The Labute approximate surface area is 170 Å². The minimum atomic E-state index is -0.331. The molecule has 150 valence electrons. The normalized spacial score (nSPS) is 16.8. The SMILES string of the molecule is Cc1cc(C)cc(NC(=O)c2nc(C(=O)N3CCCC(C)C3)c3ccccn23)c1. The molecule has 2 amide bonds. The lowest BCUT2D eigenvalue weighted by molar-refractivity contribution is 0.0679. The summed E-state index contributed by atoms with van der Waals surface area (Å²) in [5.41, 5.74) is 3.86. The maximum absolute atomic E-state index is 13.2. The van der Waals surface area contributed by atoms with Gasteiger partial charge < -0.3 is 10.2 Å². The Balaban J connectivity index is 1.68. The van der Waals surface area contributed by atoms with Gasteiger partial charge in [-0.05, 0) is 68.0 Å². The number of piperidine rings is 1. The average molecular weight is 390 g/mol. The average Bonchev–Trinajstić information content (AvgIpc) is 3.06. The van der Waals surface area contributed by atoms with E-state index in [1.54, 1.807) is 10.6 Å². The molecule has 1 fully saturated rings. The second-order valence-corrected chi connectivity index (χ2v) is 8.07. The highest BCUT2D eigenvalue weighted by Crippen LogP contribution is 2.22. The molecule has 1 aliphatic rings. The van der Waals surface area contributed by atoms with Crippen molar-refractivity contribution in [2.24, 2.45) is 5.92 Å². The van der Waals surface area contributed by atoms with Gasteiger partial charge in [-0.3, -0.25) is 14.0 Å². The van der Waals surface area contributed by atoms with Gasteiger partial charge in [-0.15, -0.1) is 0 Å². The summed E-state index contributed by atoms with van der Waals surface area (Å²) in [7, 11) is 0. The minimum Gasteiger partial charge on any atom is -0.337 e. The van der Waals surface area contributed by atoms with Crippen molar-refractivity contribution in [3.63, 3.8) is 0 Å². The standard InChI is InChI=1S/C23H26N4O2/c1-15-7-6-9-26(14-15)23(29)20-19-8-4-5-10-27(19)21(25-20)22(28)24-18-12-16(2)11-17(3)13-18/h4-5,8,10-13,15H,6-7,9,14H2,1-3H3,(H,24,28). The van der Waals surface area contributed by atoms with Crippen molar-refractivity contribution in [2.45, 2.75) is 33.6 Å². The van der Waals surface area contributed by atoms with Gasteiger partial charge in [0, 0.05) is 25.0 Å². The molecule has 6 heteroatoms. The lowest BCUT2D eigenvalue weighted by Crippen LogP contribution is -2.39. The molecule has 1 aromatic carbocycles. The number of carbonyl (C=O) groups is 2. The third kappa shape index (κ3) is 3.88. The molecule has 1 atom stereocenters. The topological polar surface area (TPSA) is 66.7 Å².